The summed E-state index contributed by atoms with van der Waals surface area (Å²) in [7, 11) is 0. The molecule has 4 aromatic rings. The number of carboxylic acid groups (broad SMARTS) is 2. The summed E-state index contributed by atoms with van der Waals surface area (Å²) in [6.45, 7) is 3.20. The first-order chi connectivity index (χ1) is 23.2. The molecule has 0 unspecified atom stereocenters. The topological polar surface area (TPSA) is 244 Å². The minimum absolute atomic E-state index is 0.0784. The number of hydrogen-bond donors (Lipinski definition) is 5. The fraction of sp³-hybridized carbons (Fsp3) is 0.300. The van der Waals surface area contributed by atoms with Crippen molar-refractivity contribution in [2.24, 2.45) is 16.8 Å². The van der Waals surface area contributed by atoms with Gasteiger partial charge in [0.1, 0.15) is 33.4 Å². The number of pyridine rings is 1. The molecule has 2 aliphatic heterocycles. The van der Waals surface area contributed by atoms with E-state index >= 15 is 0 Å². The second-order valence-corrected chi connectivity index (χ2v) is 14.7. The standard InChI is InChI=1S/C30H29N9O7S3/c1-30(2,28(44)45)46-36-22(17-12-49-29(33)35-17)20(40)7-16-25(41)39-23(27(42)43)15(11-48-26(16)39)8-37-5-3-14-4-6-38(19(14)9-37)10-21-34-18(13-47-21)24(31)32/h3-6,9,12-13,16,26H,7-8,10-11H2,1-2H3,(H6-,31,32,33,35,42,43,44,45)/p+1/b36-22-/t16-,26-/m1/s1. The van der Waals surface area contributed by atoms with Crippen LogP contribution >= 0.6 is 34.4 Å². The zero-order chi connectivity index (χ0) is 35.2. The Kier molecular flexibility index (Phi) is 8.99. The third kappa shape index (κ3) is 6.63. The maximum Gasteiger partial charge on any atom is 0.352 e. The van der Waals surface area contributed by atoms with Crippen molar-refractivity contribution < 1.29 is 38.8 Å². The first-order valence-electron chi connectivity index (χ1n) is 14.6. The van der Waals surface area contributed by atoms with E-state index < -0.39 is 40.5 Å². The third-order valence-corrected chi connectivity index (χ3v) is 10.9. The van der Waals surface area contributed by atoms with E-state index in [1.807, 2.05) is 39.9 Å². The van der Waals surface area contributed by atoms with E-state index in [-0.39, 0.29) is 41.0 Å². The monoisotopic (exact) mass is 724 g/mol. The van der Waals surface area contributed by atoms with E-state index in [1.165, 1.54) is 47.2 Å². The van der Waals surface area contributed by atoms with Gasteiger partial charge in [0.15, 0.2) is 35.6 Å². The number of rotatable bonds is 13. The van der Waals surface area contributed by atoms with Gasteiger partial charge in [-0.05, 0) is 19.9 Å². The zero-order valence-electron chi connectivity index (χ0n) is 26.0. The number of β-lactam (4-membered cyclic amide) rings is 1. The number of carboxylic acids is 2. The molecule has 0 aromatic carbocycles. The average Bonchev–Trinajstić information content (AvgIpc) is 3.80. The van der Waals surface area contributed by atoms with Gasteiger partial charge in [0.05, 0.1) is 17.8 Å². The summed E-state index contributed by atoms with van der Waals surface area (Å²) in [5, 5.41) is 35.5. The summed E-state index contributed by atoms with van der Waals surface area (Å²) < 4.78 is 3.85. The van der Waals surface area contributed by atoms with Crippen LogP contribution in [0.5, 0.6) is 0 Å². The number of amidine groups is 1. The number of fused-ring (bicyclic) bond motifs is 2. The van der Waals surface area contributed by atoms with Crippen LogP contribution in [-0.2, 0) is 37.1 Å². The summed E-state index contributed by atoms with van der Waals surface area (Å²) in [5.74, 6) is -4.34. The number of nitrogen functional groups attached to an aromatic ring is 2. The second-order valence-electron chi connectivity index (χ2n) is 11.8. The summed E-state index contributed by atoms with van der Waals surface area (Å²) in [6.07, 6.45) is 5.34. The van der Waals surface area contributed by atoms with Gasteiger partial charge < -0.3 is 31.1 Å². The minimum Gasteiger partial charge on any atom is -0.478 e. The highest BCUT2D eigenvalue weighted by atomic mass is 32.2. The highest BCUT2D eigenvalue weighted by molar-refractivity contribution is 8.00. The van der Waals surface area contributed by atoms with Gasteiger partial charge in [0.2, 0.25) is 11.5 Å². The van der Waals surface area contributed by atoms with Crippen molar-refractivity contribution in [1.82, 2.24) is 19.4 Å². The van der Waals surface area contributed by atoms with Crippen molar-refractivity contribution in [2.45, 2.75) is 44.3 Å². The van der Waals surface area contributed by atoms with Gasteiger partial charge in [-0.25, -0.2) is 19.6 Å². The number of ketones is 1. The van der Waals surface area contributed by atoms with E-state index in [4.69, 9.17) is 21.7 Å². The molecule has 254 valence electrons. The van der Waals surface area contributed by atoms with Crippen LogP contribution in [0.1, 0.15) is 36.7 Å². The van der Waals surface area contributed by atoms with Gasteiger partial charge in [-0.2, -0.15) is 4.57 Å². The number of nitrogens with zero attached hydrogens (tertiary/aromatic N) is 6. The van der Waals surface area contributed by atoms with Crippen molar-refractivity contribution in [3.63, 3.8) is 0 Å². The van der Waals surface area contributed by atoms with Gasteiger partial charge in [0, 0.05) is 46.2 Å². The molecule has 16 nitrogen and oxygen atoms in total. The molecule has 0 saturated carbocycles. The molecule has 1 fully saturated rings. The Morgan fingerprint density at radius 3 is 2.59 bits per heavy atom. The van der Waals surface area contributed by atoms with Gasteiger partial charge in [-0.1, -0.05) is 5.16 Å². The number of carbonyl (C=O) groups excluding carboxylic acids is 2. The largest absolute Gasteiger partial charge is 0.478 e. The van der Waals surface area contributed by atoms with Crippen molar-refractivity contribution in [3.05, 3.63) is 69.1 Å². The van der Waals surface area contributed by atoms with Crippen molar-refractivity contribution in [3.8, 4) is 0 Å². The summed E-state index contributed by atoms with van der Waals surface area (Å²) in [4.78, 5) is 65.9. The Morgan fingerprint density at radius 1 is 1.18 bits per heavy atom. The number of nitrogens with two attached hydrogens (primary N) is 2. The summed E-state index contributed by atoms with van der Waals surface area (Å²) in [5.41, 5.74) is 11.1. The van der Waals surface area contributed by atoms with Gasteiger partial charge in [-0.3, -0.25) is 19.9 Å². The Balaban J connectivity index is 1.21. The Bertz CT molecular complexity index is 2100. The Labute approximate surface area is 290 Å². The third-order valence-electron chi connectivity index (χ3n) is 7.95. The van der Waals surface area contributed by atoms with Crippen LogP contribution in [0.4, 0.5) is 5.13 Å². The lowest BCUT2D eigenvalue weighted by Gasteiger charge is -2.49. The molecule has 2 atom stereocenters. The average molecular weight is 725 g/mol. The molecule has 0 spiro atoms. The molecule has 6 rings (SSSR count). The van der Waals surface area contributed by atoms with Crippen LogP contribution in [0.15, 0.2) is 57.9 Å². The molecule has 0 radical (unpaired) electrons. The Hall–Kier alpha value is -5.14. The van der Waals surface area contributed by atoms with E-state index in [1.54, 1.807) is 5.38 Å². The predicted molar refractivity (Wildman–Crippen MR) is 181 cm³/mol. The highest BCUT2D eigenvalue weighted by Crippen LogP contribution is 2.45. The zero-order valence-corrected chi connectivity index (χ0v) is 28.5. The van der Waals surface area contributed by atoms with E-state index in [0.717, 1.165) is 27.2 Å². The number of thioether (sulfide) groups is 1. The molecule has 49 heavy (non-hydrogen) atoms. The maximum atomic E-state index is 13.5. The number of carbonyl (C=O) groups is 4. The number of Topliss-reactive ketones (excluding diaryl/α,β-unsaturated/α-hetero) is 1. The molecule has 0 bridgehead atoms. The van der Waals surface area contributed by atoms with Crippen LogP contribution in [0, 0.1) is 11.3 Å². The minimum atomic E-state index is -1.75. The lowest BCUT2D eigenvalue weighted by molar-refractivity contribution is -0.687. The lowest BCUT2D eigenvalue weighted by atomic mass is 9.89. The second kappa shape index (κ2) is 13.1. The summed E-state index contributed by atoms with van der Waals surface area (Å²) >= 11 is 3.81. The van der Waals surface area contributed by atoms with Crippen LogP contribution < -0.4 is 16.0 Å². The number of aliphatic carboxylic acids is 2. The number of aromatic nitrogens is 4. The van der Waals surface area contributed by atoms with Crippen LogP contribution in [-0.4, -0.2) is 81.6 Å². The normalized spacial score (nSPS) is 18.0. The van der Waals surface area contributed by atoms with Crippen LogP contribution in [0.25, 0.3) is 10.9 Å². The first kappa shape index (κ1) is 33.7. The van der Waals surface area contributed by atoms with E-state index in [0.29, 0.717) is 23.6 Å². The molecule has 6 heterocycles. The number of hydrogen-bond acceptors (Lipinski definition) is 13. The summed E-state index contributed by atoms with van der Waals surface area (Å²) in [6, 6.07) is 3.88. The fourth-order valence-corrected chi connectivity index (χ4v) is 8.09. The molecule has 7 N–H and O–H groups in total. The molecule has 19 heteroatoms. The van der Waals surface area contributed by atoms with Crippen LogP contribution in [0.3, 0.4) is 0 Å². The smallest absolute Gasteiger partial charge is 0.352 e. The van der Waals surface area contributed by atoms with Crippen molar-refractivity contribution in [1.29, 1.82) is 5.41 Å². The number of anilines is 1. The molecular weight excluding hydrogens is 695 g/mol. The Morgan fingerprint density at radius 2 is 1.94 bits per heavy atom. The predicted octanol–water partition coefficient (Wildman–Crippen LogP) is 1.87. The molecule has 4 aromatic heterocycles. The molecule has 2 aliphatic rings. The van der Waals surface area contributed by atoms with Crippen molar-refractivity contribution >= 4 is 85.6 Å². The van der Waals surface area contributed by atoms with Crippen molar-refractivity contribution in [2.75, 3.05) is 11.5 Å². The number of oxime groups is 1. The van der Waals surface area contributed by atoms with Gasteiger partial charge in [-0.15, -0.1) is 34.4 Å². The molecule has 1 amide bonds. The molecule has 1 saturated heterocycles. The molecule has 0 aliphatic carbocycles. The number of thiazole rings is 2. The number of nitrogens with one attached hydrogen (secondary N) is 1. The van der Waals surface area contributed by atoms with Gasteiger partial charge in [0.25, 0.3) is 0 Å². The molecular formula is C30H30N9O7S3+. The van der Waals surface area contributed by atoms with E-state index in [9.17, 15) is 29.4 Å². The van der Waals surface area contributed by atoms with Gasteiger partial charge >= 0.3 is 11.9 Å². The lowest BCUT2D eigenvalue weighted by Crippen LogP contribution is -2.62. The van der Waals surface area contributed by atoms with E-state index in [2.05, 4.69) is 15.1 Å². The SMILES string of the molecule is CC(C)(O/N=C(\C(=O)C[C@@H]1C(=O)N2C(C(=O)O)=C(C[n+]3ccc4ccn(Cc5nc(C(=N)N)cs5)c4c3)CS[C@H]12)c1csc(N)n1)C(=O)O. The number of amides is 1. The highest BCUT2D eigenvalue weighted by Gasteiger charge is 2.54. The first-order valence-corrected chi connectivity index (χ1v) is 17.4. The fourth-order valence-electron chi connectivity index (χ4n) is 5.35. The van der Waals surface area contributed by atoms with Crippen LogP contribution in [0.2, 0.25) is 0 Å². The quantitative estimate of drug-likeness (QED) is 0.0436. The maximum absolute atomic E-state index is 13.5.